The first-order valence-corrected chi connectivity index (χ1v) is 11.2. The summed E-state index contributed by atoms with van der Waals surface area (Å²) in [6.07, 6.45) is -3.34. The number of carbonyl (C=O) groups excluding carboxylic acids is 2. The average molecular weight is 517 g/mol. The van der Waals surface area contributed by atoms with E-state index in [1.54, 1.807) is 48.5 Å². The normalized spacial score (nSPS) is 16.4. The minimum atomic E-state index is -4.70. The number of amidine groups is 2. The highest BCUT2D eigenvalue weighted by Crippen LogP contribution is 2.35. The van der Waals surface area contributed by atoms with Crippen LogP contribution in [0.4, 0.5) is 18.9 Å². The van der Waals surface area contributed by atoms with E-state index >= 15 is 0 Å². The molecule has 0 bridgehead atoms. The largest absolute Gasteiger partial charge is 0.490 e. The number of thioether (sulfide) groups is 1. The van der Waals surface area contributed by atoms with Crippen LogP contribution in [-0.4, -0.2) is 52.3 Å². The Morgan fingerprint density at radius 3 is 2.22 bits per heavy atom. The Bertz CT molecular complexity index is 1290. The summed E-state index contributed by atoms with van der Waals surface area (Å²) in [5, 5.41) is 13.4. The number of halogens is 3. The van der Waals surface area contributed by atoms with Crippen molar-refractivity contribution < 1.29 is 32.2 Å². The predicted molar refractivity (Wildman–Crippen MR) is 129 cm³/mol. The summed E-state index contributed by atoms with van der Waals surface area (Å²) in [5.74, 6) is -0.324. The molecule has 2 aromatic carbocycles. The number of nitrogens with one attached hydrogen (secondary N) is 2. The third-order valence-electron chi connectivity index (χ3n) is 4.68. The molecule has 186 valence electrons. The second-order valence-corrected chi connectivity index (χ2v) is 8.35. The molecule has 0 aliphatic carbocycles. The fourth-order valence-electron chi connectivity index (χ4n) is 3.09. The molecule has 36 heavy (non-hydrogen) atoms. The Kier molecular flexibility index (Phi) is 7.10. The van der Waals surface area contributed by atoms with E-state index in [0.717, 1.165) is 0 Å². The SMILES string of the molecule is CC(=O)Nc1ccc(OCCOc2ccc(/C=C3\C(=N)N4N=C(C(F)(F)F)SC4=NC3=O)cc2)cc1. The summed E-state index contributed by atoms with van der Waals surface area (Å²) >= 11 is 0.200. The molecule has 13 heteroatoms. The van der Waals surface area contributed by atoms with Gasteiger partial charge < -0.3 is 14.8 Å². The minimum Gasteiger partial charge on any atom is -0.490 e. The molecule has 2 aromatic rings. The maximum atomic E-state index is 12.9. The Morgan fingerprint density at radius 1 is 1.08 bits per heavy atom. The number of alkyl halides is 3. The molecule has 0 aromatic heterocycles. The van der Waals surface area contributed by atoms with Crippen molar-refractivity contribution in [2.45, 2.75) is 13.1 Å². The average Bonchev–Trinajstić information content (AvgIpc) is 3.26. The van der Waals surface area contributed by atoms with Crippen molar-refractivity contribution in [3.63, 3.8) is 0 Å². The number of rotatable bonds is 7. The number of hydrazone groups is 1. The van der Waals surface area contributed by atoms with Gasteiger partial charge in [-0.05, 0) is 59.8 Å². The lowest BCUT2D eigenvalue weighted by atomic mass is 10.1. The van der Waals surface area contributed by atoms with Crippen LogP contribution in [-0.2, 0) is 9.59 Å². The van der Waals surface area contributed by atoms with Gasteiger partial charge in [-0.2, -0.15) is 28.3 Å². The Labute approximate surface area is 207 Å². The number of hydrogen-bond donors (Lipinski definition) is 2. The smallest absolute Gasteiger partial charge is 0.441 e. The van der Waals surface area contributed by atoms with Gasteiger partial charge in [-0.25, -0.2) is 0 Å². The van der Waals surface area contributed by atoms with Crippen LogP contribution < -0.4 is 14.8 Å². The van der Waals surface area contributed by atoms with Gasteiger partial charge in [-0.1, -0.05) is 12.1 Å². The molecular weight excluding hydrogens is 499 g/mol. The summed E-state index contributed by atoms with van der Waals surface area (Å²) < 4.78 is 50.0. The lowest BCUT2D eigenvalue weighted by molar-refractivity contribution is -0.115. The molecule has 0 fully saturated rings. The van der Waals surface area contributed by atoms with Crippen LogP contribution in [0.5, 0.6) is 11.5 Å². The zero-order valence-corrected chi connectivity index (χ0v) is 19.4. The fraction of sp³-hybridized carbons (Fsp3) is 0.174. The Balaban J connectivity index is 1.32. The van der Waals surface area contributed by atoms with Crippen LogP contribution in [0.1, 0.15) is 12.5 Å². The second kappa shape index (κ2) is 10.2. The molecule has 0 saturated carbocycles. The molecule has 9 nitrogen and oxygen atoms in total. The van der Waals surface area contributed by atoms with Gasteiger partial charge in [0.15, 0.2) is 5.84 Å². The zero-order chi connectivity index (χ0) is 25.9. The standard InChI is InChI=1S/C23H18F3N5O4S/c1-13(32)28-15-4-8-17(9-5-15)35-11-10-34-16-6-2-14(3-7-16)12-18-19(27)31-22(29-20(18)33)36-21(30-31)23(24,25)26/h2-9,12,27H,10-11H2,1H3,(H,28,32)/b18-12+,27-19?. The first-order chi connectivity index (χ1) is 17.1. The van der Waals surface area contributed by atoms with E-state index in [2.05, 4.69) is 15.4 Å². The molecule has 0 atom stereocenters. The van der Waals surface area contributed by atoms with Crippen LogP contribution in [0.25, 0.3) is 6.08 Å². The number of benzene rings is 2. The molecule has 2 N–H and O–H groups in total. The molecule has 2 aliphatic heterocycles. The van der Waals surface area contributed by atoms with Gasteiger partial charge >= 0.3 is 6.18 Å². The monoisotopic (exact) mass is 517 g/mol. The quantitative estimate of drug-likeness (QED) is 0.418. The predicted octanol–water partition coefficient (Wildman–Crippen LogP) is 4.28. The molecule has 0 spiro atoms. The lowest BCUT2D eigenvalue weighted by Crippen LogP contribution is -2.35. The minimum absolute atomic E-state index is 0.162. The first-order valence-electron chi connectivity index (χ1n) is 10.4. The third kappa shape index (κ3) is 5.92. The van der Waals surface area contributed by atoms with Crippen molar-refractivity contribution in [3.05, 3.63) is 59.7 Å². The van der Waals surface area contributed by atoms with Crippen LogP contribution in [0.2, 0.25) is 0 Å². The van der Waals surface area contributed by atoms with Crippen molar-refractivity contribution in [1.29, 1.82) is 5.41 Å². The molecule has 2 aliphatic rings. The number of nitrogens with zero attached hydrogens (tertiary/aromatic N) is 3. The van der Waals surface area contributed by atoms with Crippen molar-refractivity contribution in [1.82, 2.24) is 5.01 Å². The molecule has 0 saturated heterocycles. The van der Waals surface area contributed by atoms with E-state index in [-0.39, 0.29) is 41.6 Å². The van der Waals surface area contributed by atoms with E-state index < -0.39 is 23.0 Å². The number of carbonyl (C=O) groups is 2. The topological polar surface area (TPSA) is 116 Å². The van der Waals surface area contributed by atoms with E-state index in [1.807, 2.05) is 0 Å². The van der Waals surface area contributed by atoms with Crippen LogP contribution in [0, 0.1) is 5.41 Å². The highest BCUT2D eigenvalue weighted by Gasteiger charge is 2.46. The number of anilines is 1. The van der Waals surface area contributed by atoms with Crippen molar-refractivity contribution >= 4 is 51.4 Å². The van der Waals surface area contributed by atoms with E-state index in [9.17, 15) is 22.8 Å². The molecule has 0 radical (unpaired) electrons. The first kappa shape index (κ1) is 25.0. The highest BCUT2D eigenvalue weighted by molar-refractivity contribution is 8.27. The Hall–Kier alpha value is -4.13. The van der Waals surface area contributed by atoms with Crippen molar-refractivity contribution in [2.24, 2.45) is 10.1 Å². The summed E-state index contributed by atoms with van der Waals surface area (Å²) in [7, 11) is 0. The summed E-state index contributed by atoms with van der Waals surface area (Å²) in [5.41, 5.74) is 1.01. The molecular formula is C23H18F3N5O4S. The lowest BCUT2D eigenvalue weighted by Gasteiger charge is -2.20. The van der Waals surface area contributed by atoms with E-state index in [1.165, 1.54) is 13.0 Å². The number of hydrogen-bond acceptors (Lipinski definition) is 7. The van der Waals surface area contributed by atoms with E-state index in [4.69, 9.17) is 14.9 Å². The second-order valence-electron chi connectivity index (χ2n) is 7.39. The van der Waals surface area contributed by atoms with Crippen molar-refractivity contribution in [2.75, 3.05) is 18.5 Å². The molecule has 0 unspecified atom stereocenters. The number of amides is 2. The van der Waals surface area contributed by atoms with Gasteiger partial charge in [-0.3, -0.25) is 15.0 Å². The Morgan fingerprint density at radius 2 is 1.67 bits per heavy atom. The van der Waals surface area contributed by atoms with Crippen LogP contribution in [0.3, 0.4) is 0 Å². The van der Waals surface area contributed by atoms with Gasteiger partial charge in [0.05, 0.1) is 5.57 Å². The highest BCUT2D eigenvalue weighted by atomic mass is 32.2. The van der Waals surface area contributed by atoms with E-state index in [0.29, 0.717) is 27.8 Å². The number of ether oxygens (including phenoxy) is 2. The molecule has 4 rings (SSSR count). The van der Waals surface area contributed by atoms with Gasteiger partial charge in [0.25, 0.3) is 5.91 Å². The van der Waals surface area contributed by atoms with Gasteiger partial charge in [0, 0.05) is 12.6 Å². The van der Waals surface area contributed by atoms with Gasteiger partial charge in [0.2, 0.25) is 16.1 Å². The zero-order valence-electron chi connectivity index (χ0n) is 18.6. The maximum absolute atomic E-state index is 12.9. The summed E-state index contributed by atoms with van der Waals surface area (Å²) in [4.78, 5) is 27.0. The maximum Gasteiger partial charge on any atom is 0.441 e. The summed E-state index contributed by atoms with van der Waals surface area (Å²) in [6, 6.07) is 13.4. The van der Waals surface area contributed by atoms with Crippen LogP contribution >= 0.6 is 11.8 Å². The fourth-order valence-corrected chi connectivity index (χ4v) is 3.85. The molecule has 2 heterocycles. The molecule has 2 amide bonds. The van der Waals surface area contributed by atoms with Gasteiger partial charge in [-0.15, -0.1) is 0 Å². The number of aliphatic imine (C=N–C) groups is 1. The number of fused-ring (bicyclic) bond motifs is 1. The summed E-state index contributed by atoms with van der Waals surface area (Å²) in [6.45, 7) is 1.94. The van der Waals surface area contributed by atoms with Gasteiger partial charge in [0.1, 0.15) is 24.7 Å². The van der Waals surface area contributed by atoms with Crippen LogP contribution in [0.15, 0.2) is 64.2 Å². The van der Waals surface area contributed by atoms with Crippen molar-refractivity contribution in [3.8, 4) is 11.5 Å². The third-order valence-corrected chi connectivity index (χ3v) is 5.64.